The Balaban J connectivity index is 1.39. The van der Waals surface area contributed by atoms with E-state index in [0.29, 0.717) is 30.2 Å². The van der Waals surface area contributed by atoms with Crippen LogP contribution in [0, 0.1) is 6.92 Å². The maximum Gasteiger partial charge on any atom is 0.257 e. The second-order valence-corrected chi connectivity index (χ2v) is 8.34. The molecular formula is C19H21ClN4O2S. The highest BCUT2D eigenvalue weighted by molar-refractivity contribution is 7.99. The molecule has 0 bridgehead atoms. The standard InChI is InChI=1S/C19H21ClN4O2S/c1-13-11-21-19-24(18(13)26)16(12-27-19)10-17(25)23-7-5-22(6-8-23)15-4-2-3-14(20)9-15/h2-4,9,11,16H,5-8,10,12H2,1H3. The number of piperazine rings is 1. The van der Waals surface area contributed by atoms with E-state index in [1.807, 2.05) is 29.2 Å². The Kier molecular flexibility index (Phi) is 5.14. The molecule has 1 amide bonds. The fourth-order valence-corrected chi connectivity index (χ4v) is 4.88. The number of hydrogen-bond donors (Lipinski definition) is 0. The predicted molar refractivity (Wildman–Crippen MR) is 108 cm³/mol. The van der Waals surface area contributed by atoms with Crippen LogP contribution in [-0.4, -0.2) is 52.3 Å². The van der Waals surface area contributed by atoms with Gasteiger partial charge in [0.25, 0.3) is 5.56 Å². The molecule has 4 rings (SSSR count). The van der Waals surface area contributed by atoms with Crippen LogP contribution in [0.5, 0.6) is 0 Å². The number of nitrogens with zero attached hydrogens (tertiary/aromatic N) is 4. The maximum absolute atomic E-state index is 12.8. The Labute approximate surface area is 167 Å². The van der Waals surface area contributed by atoms with Crippen LogP contribution in [0.15, 0.2) is 40.4 Å². The lowest BCUT2D eigenvalue weighted by Gasteiger charge is -2.36. The summed E-state index contributed by atoms with van der Waals surface area (Å²) < 4.78 is 1.69. The van der Waals surface area contributed by atoms with Crippen molar-refractivity contribution < 1.29 is 4.79 Å². The Morgan fingerprint density at radius 1 is 1.30 bits per heavy atom. The van der Waals surface area contributed by atoms with Gasteiger partial charge in [0, 0.05) is 60.8 Å². The molecule has 0 N–H and O–H groups in total. The number of carbonyl (C=O) groups excluding carboxylic acids is 1. The third kappa shape index (κ3) is 3.71. The topological polar surface area (TPSA) is 58.4 Å². The highest BCUT2D eigenvalue weighted by atomic mass is 35.5. The molecule has 2 aliphatic heterocycles. The van der Waals surface area contributed by atoms with Gasteiger partial charge in [-0.1, -0.05) is 29.4 Å². The summed E-state index contributed by atoms with van der Waals surface area (Å²) in [4.78, 5) is 33.7. The highest BCUT2D eigenvalue weighted by Crippen LogP contribution is 2.32. The molecule has 2 aromatic rings. The third-order valence-electron chi connectivity index (χ3n) is 5.12. The number of fused-ring (bicyclic) bond motifs is 1. The molecule has 0 radical (unpaired) electrons. The Bertz CT molecular complexity index is 924. The van der Waals surface area contributed by atoms with Gasteiger partial charge in [0.05, 0.1) is 6.04 Å². The highest BCUT2D eigenvalue weighted by Gasteiger charge is 2.30. The molecule has 142 valence electrons. The zero-order chi connectivity index (χ0) is 19.0. The number of rotatable bonds is 3. The first-order valence-corrected chi connectivity index (χ1v) is 10.4. The second-order valence-electron chi connectivity index (χ2n) is 6.92. The molecule has 0 spiro atoms. The van der Waals surface area contributed by atoms with Crippen LogP contribution in [0.25, 0.3) is 0 Å². The lowest BCUT2D eigenvalue weighted by molar-refractivity contribution is -0.132. The van der Waals surface area contributed by atoms with Gasteiger partial charge in [0.2, 0.25) is 5.91 Å². The van der Waals surface area contributed by atoms with Crippen molar-refractivity contribution in [3.8, 4) is 0 Å². The van der Waals surface area contributed by atoms with Gasteiger partial charge in [0.15, 0.2) is 5.16 Å². The molecule has 1 aromatic carbocycles. The third-order valence-corrected chi connectivity index (χ3v) is 6.46. The number of benzene rings is 1. The van der Waals surface area contributed by atoms with Crippen LogP contribution < -0.4 is 10.5 Å². The van der Waals surface area contributed by atoms with Gasteiger partial charge in [-0.2, -0.15) is 0 Å². The summed E-state index contributed by atoms with van der Waals surface area (Å²) >= 11 is 7.62. The van der Waals surface area contributed by atoms with E-state index in [4.69, 9.17) is 11.6 Å². The molecule has 2 aliphatic rings. The van der Waals surface area contributed by atoms with Crippen molar-refractivity contribution in [3.63, 3.8) is 0 Å². The monoisotopic (exact) mass is 404 g/mol. The average Bonchev–Trinajstić information content (AvgIpc) is 3.08. The zero-order valence-electron chi connectivity index (χ0n) is 15.1. The van der Waals surface area contributed by atoms with Crippen molar-refractivity contribution >= 4 is 35.0 Å². The summed E-state index contributed by atoms with van der Waals surface area (Å²) in [6.07, 6.45) is 1.96. The van der Waals surface area contributed by atoms with Gasteiger partial charge in [-0.25, -0.2) is 4.98 Å². The van der Waals surface area contributed by atoms with Crippen LogP contribution in [0.1, 0.15) is 18.0 Å². The van der Waals surface area contributed by atoms with Crippen LogP contribution in [-0.2, 0) is 4.79 Å². The second kappa shape index (κ2) is 7.56. The molecule has 6 nitrogen and oxygen atoms in total. The molecule has 1 fully saturated rings. The van der Waals surface area contributed by atoms with Gasteiger partial charge in [-0.15, -0.1) is 0 Å². The van der Waals surface area contributed by atoms with Gasteiger partial charge in [0.1, 0.15) is 0 Å². The number of halogens is 1. The first-order chi connectivity index (χ1) is 13.0. The summed E-state index contributed by atoms with van der Waals surface area (Å²) in [5, 5.41) is 1.44. The minimum Gasteiger partial charge on any atom is -0.368 e. The van der Waals surface area contributed by atoms with Crippen LogP contribution in [0.2, 0.25) is 5.02 Å². The normalized spacial score (nSPS) is 19.3. The van der Waals surface area contributed by atoms with Crippen molar-refractivity contribution in [1.82, 2.24) is 14.5 Å². The van der Waals surface area contributed by atoms with Gasteiger partial charge in [-0.3, -0.25) is 14.2 Å². The quantitative estimate of drug-likeness (QED) is 0.736. The lowest BCUT2D eigenvalue weighted by Crippen LogP contribution is -2.49. The number of thioether (sulfide) groups is 1. The fourth-order valence-electron chi connectivity index (χ4n) is 3.59. The van der Waals surface area contributed by atoms with Crippen molar-refractivity contribution in [1.29, 1.82) is 0 Å². The van der Waals surface area contributed by atoms with Crippen molar-refractivity contribution in [2.75, 3.05) is 36.8 Å². The Hall–Kier alpha value is -1.99. The minimum absolute atomic E-state index is 0.0337. The van der Waals surface area contributed by atoms with Crippen molar-refractivity contribution in [2.24, 2.45) is 0 Å². The predicted octanol–water partition coefficient (Wildman–Crippen LogP) is 2.59. The summed E-state index contributed by atoms with van der Waals surface area (Å²) in [5.74, 6) is 0.826. The first kappa shape index (κ1) is 18.4. The van der Waals surface area contributed by atoms with Crippen molar-refractivity contribution in [2.45, 2.75) is 24.5 Å². The number of hydrogen-bond acceptors (Lipinski definition) is 5. The van der Waals surface area contributed by atoms with E-state index in [1.54, 1.807) is 29.4 Å². The van der Waals surface area contributed by atoms with E-state index in [0.717, 1.165) is 29.6 Å². The average molecular weight is 405 g/mol. The van der Waals surface area contributed by atoms with E-state index in [2.05, 4.69) is 9.88 Å². The Morgan fingerprint density at radius 3 is 2.81 bits per heavy atom. The summed E-state index contributed by atoms with van der Waals surface area (Å²) in [7, 11) is 0. The number of aromatic nitrogens is 2. The molecule has 1 aromatic heterocycles. The Morgan fingerprint density at radius 2 is 2.07 bits per heavy atom. The number of carbonyl (C=O) groups is 1. The fraction of sp³-hybridized carbons (Fsp3) is 0.421. The molecule has 0 saturated carbocycles. The minimum atomic E-state index is -0.108. The first-order valence-electron chi connectivity index (χ1n) is 9.02. The van der Waals surface area contributed by atoms with Crippen LogP contribution >= 0.6 is 23.4 Å². The molecule has 27 heavy (non-hydrogen) atoms. The summed E-state index contributed by atoms with van der Waals surface area (Å²) in [5.41, 5.74) is 1.67. The van der Waals surface area contributed by atoms with Gasteiger partial charge >= 0.3 is 0 Å². The van der Waals surface area contributed by atoms with E-state index >= 15 is 0 Å². The smallest absolute Gasteiger partial charge is 0.257 e. The van der Waals surface area contributed by atoms with Crippen LogP contribution in [0.3, 0.4) is 0 Å². The van der Waals surface area contributed by atoms with E-state index in [1.165, 1.54) is 0 Å². The lowest BCUT2D eigenvalue weighted by atomic mass is 10.1. The molecule has 1 saturated heterocycles. The summed E-state index contributed by atoms with van der Waals surface area (Å²) in [6.45, 7) is 4.68. The maximum atomic E-state index is 12.8. The largest absolute Gasteiger partial charge is 0.368 e. The van der Waals surface area contributed by atoms with E-state index in [-0.39, 0.29) is 17.5 Å². The van der Waals surface area contributed by atoms with E-state index in [9.17, 15) is 9.59 Å². The van der Waals surface area contributed by atoms with Crippen molar-refractivity contribution in [3.05, 3.63) is 51.4 Å². The SMILES string of the molecule is Cc1cnc2n(c1=O)C(CC(=O)N1CCN(c3cccc(Cl)c3)CC1)CS2. The van der Waals surface area contributed by atoms with Crippen LogP contribution in [0.4, 0.5) is 5.69 Å². The van der Waals surface area contributed by atoms with Gasteiger partial charge in [-0.05, 0) is 25.1 Å². The molecular weight excluding hydrogens is 384 g/mol. The number of anilines is 1. The molecule has 3 heterocycles. The number of aryl methyl sites for hydroxylation is 1. The number of amides is 1. The molecule has 1 atom stereocenters. The van der Waals surface area contributed by atoms with E-state index < -0.39 is 0 Å². The molecule has 8 heteroatoms. The molecule has 1 unspecified atom stereocenters. The van der Waals surface area contributed by atoms with Gasteiger partial charge < -0.3 is 9.80 Å². The summed E-state index contributed by atoms with van der Waals surface area (Å²) in [6, 6.07) is 7.69. The zero-order valence-corrected chi connectivity index (χ0v) is 16.7. The molecule has 0 aliphatic carbocycles.